The summed E-state index contributed by atoms with van der Waals surface area (Å²) in [6.07, 6.45) is 22.2. The molecule has 0 aromatic rings. The zero-order valence-corrected chi connectivity index (χ0v) is 29.6. The molecule has 6 N–H and O–H groups in total. The van der Waals surface area contributed by atoms with Crippen LogP contribution in [0, 0.1) is 17.8 Å². The molecule has 4 aliphatic carbocycles. The Kier molecular flexibility index (Phi) is 10.1. The number of piperidine rings is 1. The highest BCUT2D eigenvalue weighted by Gasteiger charge is 2.49. The van der Waals surface area contributed by atoms with Crippen LogP contribution in [-0.2, 0) is 4.74 Å². The predicted octanol–water partition coefficient (Wildman–Crippen LogP) is 2.50. The monoisotopic (exact) mass is 670 g/mol. The molecule has 9 fully saturated rings. The maximum atomic E-state index is 11.8. The number of rotatable bonds is 6. The minimum absolute atomic E-state index is 0.0152. The molecule has 0 spiro atoms. The molecule has 10 heteroatoms. The largest absolute Gasteiger partial charge is 0.393 e. The topological polar surface area (TPSA) is 108 Å². The van der Waals surface area contributed by atoms with Gasteiger partial charge in [-0.05, 0) is 122 Å². The van der Waals surface area contributed by atoms with Gasteiger partial charge >= 0.3 is 0 Å². The maximum absolute atomic E-state index is 11.8. The first-order valence-electron chi connectivity index (χ1n) is 20.9. The van der Waals surface area contributed by atoms with E-state index in [-0.39, 0.29) is 24.4 Å². The van der Waals surface area contributed by atoms with E-state index in [1.807, 2.05) is 0 Å². The molecule has 0 bridgehead atoms. The average molecular weight is 670 g/mol. The van der Waals surface area contributed by atoms with Crippen molar-refractivity contribution in [2.45, 2.75) is 189 Å². The summed E-state index contributed by atoms with van der Waals surface area (Å²) >= 11 is 0. The third-order valence-electron chi connectivity index (χ3n) is 15.1. The van der Waals surface area contributed by atoms with Gasteiger partial charge in [0.1, 0.15) is 12.5 Å². The van der Waals surface area contributed by atoms with Crippen molar-refractivity contribution in [3.8, 4) is 0 Å². The van der Waals surface area contributed by atoms with Gasteiger partial charge in [-0.2, -0.15) is 0 Å². The Morgan fingerprint density at radius 3 is 2.04 bits per heavy atom. The van der Waals surface area contributed by atoms with Gasteiger partial charge in [-0.15, -0.1) is 0 Å². The SMILES string of the molecule is OC1CC(N(C2CCC(C3CN4CCCNC4N3)CC2)C2CCC(C3NC4CCCCC4O3)C(O)C2)CCC1C1CN2CCCCC2N1. The van der Waals surface area contributed by atoms with Crippen molar-refractivity contribution in [2.75, 3.05) is 32.7 Å². The lowest BCUT2D eigenvalue weighted by atomic mass is 9.74. The minimum atomic E-state index is -0.325. The number of nitrogens with zero attached hydrogens (tertiary/aromatic N) is 3. The zero-order valence-electron chi connectivity index (χ0n) is 29.6. The van der Waals surface area contributed by atoms with E-state index in [0.717, 1.165) is 51.1 Å². The second-order valence-corrected chi connectivity index (χ2v) is 17.8. The van der Waals surface area contributed by atoms with Crippen LogP contribution in [0.25, 0.3) is 0 Å². The highest BCUT2D eigenvalue weighted by molar-refractivity contribution is 5.03. The summed E-state index contributed by atoms with van der Waals surface area (Å²) in [6, 6.07) is 2.90. The Bertz CT molecular complexity index is 981. The van der Waals surface area contributed by atoms with Gasteiger partial charge in [0, 0.05) is 67.7 Å². The zero-order chi connectivity index (χ0) is 32.2. The van der Waals surface area contributed by atoms with E-state index in [0.29, 0.717) is 60.7 Å². The van der Waals surface area contributed by atoms with Crippen LogP contribution in [-0.4, -0.2) is 131 Å². The Balaban J connectivity index is 0.866. The Labute approximate surface area is 289 Å². The van der Waals surface area contributed by atoms with Crippen LogP contribution >= 0.6 is 0 Å². The molecule has 4 saturated carbocycles. The Hall–Kier alpha value is -0.400. The van der Waals surface area contributed by atoms with E-state index >= 15 is 0 Å². The number of hydrogen-bond acceptors (Lipinski definition) is 10. The lowest BCUT2D eigenvalue weighted by Gasteiger charge is -2.52. The number of nitrogens with one attached hydrogen (secondary N) is 4. The van der Waals surface area contributed by atoms with E-state index in [4.69, 9.17) is 4.74 Å². The molecule has 13 unspecified atom stereocenters. The van der Waals surface area contributed by atoms with Gasteiger partial charge in [0.25, 0.3) is 0 Å². The summed E-state index contributed by atoms with van der Waals surface area (Å²) < 4.78 is 6.57. The summed E-state index contributed by atoms with van der Waals surface area (Å²) in [5.74, 6) is 1.30. The van der Waals surface area contributed by atoms with Crippen LogP contribution in [0.1, 0.15) is 116 Å². The molecular weight excluding hydrogens is 602 g/mol. The third kappa shape index (κ3) is 6.67. The second-order valence-electron chi connectivity index (χ2n) is 17.8. The lowest BCUT2D eigenvalue weighted by molar-refractivity contribution is -0.0922. The summed E-state index contributed by atoms with van der Waals surface area (Å²) in [5, 5.41) is 39.0. The molecule has 5 saturated heterocycles. The van der Waals surface area contributed by atoms with E-state index in [1.165, 1.54) is 103 Å². The van der Waals surface area contributed by atoms with Crippen LogP contribution in [0.15, 0.2) is 0 Å². The van der Waals surface area contributed by atoms with Crippen LogP contribution < -0.4 is 21.3 Å². The van der Waals surface area contributed by atoms with Crippen molar-refractivity contribution in [3.63, 3.8) is 0 Å². The van der Waals surface area contributed by atoms with Crippen molar-refractivity contribution in [2.24, 2.45) is 17.8 Å². The fraction of sp³-hybridized carbons (Fsp3) is 1.00. The van der Waals surface area contributed by atoms with Crippen LogP contribution in [0.2, 0.25) is 0 Å². The smallest absolute Gasteiger partial charge is 0.114 e. The maximum Gasteiger partial charge on any atom is 0.114 e. The predicted molar refractivity (Wildman–Crippen MR) is 187 cm³/mol. The molecule has 0 aromatic heterocycles. The Morgan fingerprint density at radius 2 is 1.29 bits per heavy atom. The molecule has 0 radical (unpaired) electrons. The van der Waals surface area contributed by atoms with Crippen molar-refractivity contribution >= 4 is 0 Å². The van der Waals surface area contributed by atoms with Gasteiger partial charge in [-0.1, -0.05) is 12.8 Å². The van der Waals surface area contributed by atoms with Gasteiger partial charge in [-0.3, -0.25) is 36.0 Å². The number of aliphatic hydroxyl groups is 2. The first-order valence-corrected chi connectivity index (χ1v) is 20.9. The molecule has 5 heterocycles. The van der Waals surface area contributed by atoms with E-state index in [1.54, 1.807) is 0 Å². The van der Waals surface area contributed by atoms with Crippen LogP contribution in [0.5, 0.6) is 0 Å². The molecule has 13 atom stereocenters. The molecule has 9 aliphatic rings. The first kappa shape index (κ1) is 33.4. The fourth-order valence-corrected chi connectivity index (χ4v) is 12.6. The van der Waals surface area contributed by atoms with Crippen molar-refractivity contribution in [1.29, 1.82) is 0 Å². The molecule has 9 rings (SSSR count). The van der Waals surface area contributed by atoms with Crippen molar-refractivity contribution in [1.82, 2.24) is 36.0 Å². The third-order valence-corrected chi connectivity index (χ3v) is 15.1. The van der Waals surface area contributed by atoms with Crippen molar-refractivity contribution in [3.05, 3.63) is 0 Å². The summed E-state index contributed by atoms with van der Waals surface area (Å²) in [6.45, 7) is 5.87. The summed E-state index contributed by atoms with van der Waals surface area (Å²) in [4.78, 5) is 8.18. The van der Waals surface area contributed by atoms with E-state index in [2.05, 4.69) is 36.0 Å². The second kappa shape index (κ2) is 14.6. The van der Waals surface area contributed by atoms with Gasteiger partial charge in [0.15, 0.2) is 0 Å². The highest BCUT2D eigenvalue weighted by atomic mass is 16.5. The van der Waals surface area contributed by atoms with E-state index < -0.39 is 0 Å². The quantitative estimate of drug-likeness (QED) is 0.253. The average Bonchev–Trinajstić information content (AvgIpc) is 3.85. The van der Waals surface area contributed by atoms with Gasteiger partial charge in [0.2, 0.25) is 0 Å². The lowest BCUT2D eigenvalue weighted by Crippen LogP contribution is -2.58. The van der Waals surface area contributed by atoms with Gasteiger partial charge in [0.05, 0.1) is 24.5 Å². The standard InChI is InChI=1S/C38H67N7O3/c46-33-20-26(13-15-28(33)32-23-43-18-4-3-8-36(43)40-32)45(25-11-9-24(10-12-25)31-22-44-19-5-17-39-38(44)42-31)27-14-16-29(34(47)21-27)37-41-30-6-1-2-7-35(30)48-37/h24-42,46-47H,1-23H2. The molecule has 5 aliphatic heterocycles. The van der Waals surface area contributed by atoms with Crippen LogP contribution in [0.3, 0.4) is 0 Å². The molecule has 48 heavy (non-hydrogen) atoms. The molecule has 10 nitrogen and oxygen atoms in total. The molecule has 272 valence electrons. The van der Waals surface area contributed by atoms with Crippen LogP contribution in [0.4, 0.5) is 0 Å². The van der Waals surface area contributed by atoms with Gasteiger partial charge in [-0.25, -0.2) is 0 Å². The number of ether oxygens (including phenoxy) is 1. The first-order chi connectivity index (χ1) is 23.6. The number of fused-ring (bicyclic) bond motifs is 3. The minimum Gasteiger partial charge on any atom is -0.393 e. The fourth-order valence-electron chi connectivity index (χ4n) is 12.6. The highest BCUT2D eigenvalue weighted by Crippen LogP contribution is 2.43. The molecular formula is C38H67N7O3. The number of aliphatic hydroxyl groups excluding tert-OH is 2. The van der Waals surface area contributed by atoms with Crippen molar-refractivity contribution < 1.29 is 14.9 Å². The molecule has 0 aromatic carbocycles. The normalized spacial score (nSPS) is 50.7. The van der Waals surface area contributed by atoms with Gasteiger partial charge < -0.3 is 14.9 Å². The summed E-state index contributed by atoms with van der Waals surface area (Å²) in [7, 11) is 0. The van der Waals surface area contributed by atoms with E-state index in [9.17, 15) is 10.2 Å². The number of hydrogen-bond donors (Lipinski definition) is 6. The Morgan fingerprint density at radius 1 is 0.583 bits per heavy atom. The summed E-state index contributed by atoms with van der Waals surface area (Å²) in [5.41, 5.74) is 0. The molecule has 0 amide bonds.